The van der Waals surface area contributed by atoms with E-state index in [9.17, 15) is 23.1 Å². The molecule has 0 atom stereocenters. The molecule has 0 aliphatic carbocycles. The lowest BCUT2D eigenvalue weighted by Gasteiger charge is -2.09. The van der Waals surface area contributed by atoms with Gasteiger partial charge in [0.1, 0.15) is 5.75 Å². The van der Waals surface area contributed by atoms with E-state index in [0.29, 0.717) is 39.3 Å². The van der Waals surface area contributed by atoms with Gasteiger partial charge in [0.25, 0.3) is 0 Å². The van der Waals surface area contributed by atoms with E-state index in [1.165, 1.54) is 13.2 Å². The SMILES string of the molecule is COc1cc2c(CC(=O)O)c(C)n(Cc3csc(SC(F)(F)F)c3)c2cc1Cl. The van der Waals surface area contributed by atoms with E-state index < -0.39 is 11.5 Å². The van der Waals surface area contributed by atoms with Gasteiger partial charge in [-0.05, 0) is 53.4 Å². The van der Waals surface area contributed by atoms with Crippen LogP contribution in [0, 0.1) is 6.92 Å². The highest BCUT2D eigenvalue weighted by molar-refractivity contribution is 8.01. The minimum atomic E-state index is -4.34. The zero-order valence-corrected chi connectivity index (χ0v) is 17.2. The van der Waals surface area contributed by atoms with Crippen LogP contribution in [0.1, 0.15) is 16.8 Å². The highest BCUT2D eigenvalue weighted by atomic mass is 35.5. The standard InChI is InChI=1S/C18H15ClF3NO3S2/c1-9-11(5-16(24)25)12-4-15(26-2)13(19)6-14(12)23(9)7-10-3-17(27-8-10)28-18(20,21)22/h3-4,6,8H,5,7H2,1-2H3,(H,24,25). The first-order valence-corrected chi connectivity index (χ1v) is 10.1. The molecule has 0 aliphatic rings. The molecule has 0 fully saturated rings. The fourth-order valence-electron chi connectivity index (χ4n) is 3.07. The number of rotatable bonds is 6. The van der Waals surface area contributed by atoms with Crippen LogP contribution >= 0.6 is 34.7 Å². The number of hydrogen-bond donors (Lipinski definition) is 1. The number of thioether (sulfide) groups is 1. The van der Waals surface area contributed by atoms with Crippen molar-refractivity contribution < 1.29 is 27.8 Å². The predicted molar refractivity (Wildman–Crippen MR) is 105 cm³/mol. The summed E-state index contributed by atoms with van der Waals surface area (Å²) < 4.78 is 45.0. The van der Waals surface area contributed by atoms with Gasteiger partial charge < -0.3 is 14.4 Å². The van der Waals surface area contributed by atoms with E-state index in [0.717, 1.165) is 17.0 Å². The van der Waals surface area contributed by atoms with E-state index in [2.05, 4.69) is 0 Å². The molecular weight excluding hydrogens is 435 g/mol. The van der Waals surface area contributed by atoms with Gasteiger partial charge in [0, 0.05) is 17.6 Å². The Bertz CT molecular complexity index is 1040. The van der Waals surface area contributed by atoms with Crippen molar-refractivity contribution in [2.24, 2.45) is 0 Å². The fraction of sp³-hybridized carbons (Fsp3) is 0.278. The average molecular weight is 450 g/mol. The predicted octanol–water partition coefficient (Wildman–Crippen LogP) is 5.96. The lowest BCUT2D eigenvalue weighted by molar-refractivity contribution is -0.136. The van der Waals surface area contributed by atoms with Gasteiger partial charge in [-0.1, -0.05) is 11.6 Å². The zero-order chi connectivity index (χ0) is 20.6. The molecule has 0 saturated heterocycles. The molecule has 0 radical (unpaired) electrons. The molecule has 3 rings (SSSR count). The van der Waals surface area contributed by atoms with Crippen LogP contribution in [0.25, 0.3) is 10.9 Å². The number of carboxylic acids is 1. The number of thiophene rings is 1. The molecule has 1 aromatic carbocycles. The Morgan fingerprint density at radius 2 is 2.07 bits per heavy atom. The second-order valence-corrected chi connectivity index (χ2v) is 8.73. The number of methoxy groups -OCH3 is 1. The fourth-order valence-corrected chi connectivity index (χ4v) is 4.99. The number of carboxylic acid groups (broad SMARTS) is 1. The third kappa shape index (κ3) is 4.42. The van der Waals surface area contributed by atoms with Gasteiger partial charge >= 0.3 is 11.5 Å². The number of fused-ring (bicyclic) bond motifs is 1. The summed E-state index contributed by atoms with van der Waals surface area (Å²) in [6.45, 7) is 2.09. The van der Waals surface area contributed by atoms with Crippen LogP contribution in [0.3, 0.4) is 0 Å². The van der Waals surface area contributed by atoms with Crippen LogP contribution < -0.4 is 4.74 Å². The summed E-state index contributed by atoms with van der Waals surface area (Å²) in [7, 11) is 1.47. The second-order valence-electron chi connectivity index (χ2n) is 6.05. The van der Waals surface area contributed by atoms with Crippen molar-refractivity contribution in [3.05, 3.63) is 45.4 Å². The van der Waals surface area contributed by atoms with E-state index in [1.54, 1.807) is 24.4 Å². The van der Waals surface area contributed by atoms with Gasteiger partial charge in [-0.15, -0.1) is 11.3 Å². The molecule has 1 N–H and O–H groups in total. The molecule has 2 heterocycles. The molecule has 0 amide bonds. The second kappa shape index (κ2) is 7.88. The number of ether oxygens (including phenoxy) is 1. The van der Waals surface area contributed by atoms with Crippen molar-refractivity contribution in [3.8, 4) is 5.75 Å². The van der Waals surface area contributed by atoms with Crippen molar-refractivity contribution in [1.82, 2.24) is 4.57 Å². The Hall–Kier alpha value is -1.84. The van der Waals surface area contributed by atoms with Gasteiger partial charge in [0.05, 0.1) is 28.3 Å². The first-order chi connectivity index (χ1) is 13.1. The molecule has 28 heavy (non-hydrogen) atoms. The topological polar surface area (TPSA) is 51.5 Å². The third-order valence-corrected chi connectivity index (χ3v) is 6.40. The Balaban J connectivity index is 2.06. The van der Waals surface area contributed by atoms with E-state index in [4.69, 9.17) is 16.3 Å². The summed E-state index contributed by atoms with van der Waals surface area (Å²) in [5, 5.41) is 12.0. The summed E-state index contributed by atoms with van der Waals surface area (Å²) in [5.74, 6) is -0.548. The minimum Gasteiger partial charge on any atom is -0.495 e. The van der Waals surface area contributed by atoms with Crippen LogP contribution in [-0.4, -0.2) is 28.3 Å². The number of aromatic nitrogens is 1. The van der Waals surface area contributed by atoms with E-state index >= 15 is 0 Å². The maximum atomic E-state index is 12.6. The van der Waals surface area contributed by atoms with Crippen molar-refractivity contribution in [2.45, 2.75) is 29.6 Å². The molecule has 0 unspecified atom stereocenters. The van der Waals surface area contributed by atoms with Gasteiger partial charge in [-0.2, -0.15) is 13.2 Å². The molecular formula is C18H15ClF3NO3S2. The van der Waals surface area contributed by atoms with Crippen LogP contribution in [0.15, 0.2) is 27.8 Å². The summed E-state index contributed by atoms with van der Waals surface area (Å²) in [5.41, 5.74) is -1.59. The Morgan fingerprint density at radius 1 is 1.36 bits per heavy atom. The first-order valence-electron chi connectivity index (χ1n) is 7.99. The highest BCUT2D eigenvalue weighted by Gasteiger charge is 2.30. The van der Waals surface area contributed by atoms with Gasteiger partial charge in [-0.3, -0.25) is 4.79 Å². The third-order valence-electron chi connectivity index (χ3n) is 4.24. The molecule has 2 aromatic heterocycles. The lowest BCUT2D eigenvalue weighted by atomic mass is 10.1. The Morgan fingerprint density at radius 3 is 2.68 bits per heavy atom. The molecule has 150 valence electrons. The average Bonchev–Trinajstić information content (AvgIpc) is 3.10. The van der Waals surface area contributed by atoms with Crippen molar-refractivity contribution in [1.29, 1.82) is 0 Å². The molecule has 3 aromatic rings. The lowest BCUT2D eigenvalue weighted by Crippen LogP contribution is -2.04. The van der Waals surface area contributed by atoms with E-state index in [1.807, 2.05) is 4.57 Å². The summed E-state index contributed by atoms with van der Waals surface area (Å²) >= 11 is 7.12. The number of hydrogen-bond acceptors (Lipinski definition) is 4. The summed E-state index contributed by atoms with van der Waals surface area (Å²) in [6.07, 6.45) is -0.182. The van der Waals surface area contributed by atoms with Crippen molar-refractivity contribution in [2.75, 3.05) is 7.11 Å². The maximum Gasteiger partial charge on any atom is 0.447 e. The Kier molecular flexibility index (Phi) is 5.88. The highest BCUT2D eigenvalue weighted by Crippen LogP contribution is 2.41. The Labute approximate surface area is 171 Å². The number of nitrogens with zero attached hydrogens (tertiary/aromatic N) is 1. The summed E-state index contributed by atoms with van der Waals surface area (Å²) in [4.78, 5) is 11.3. The molecule has 0 spiro atoms. The normalized spacial score (nSPS) is 11.9. The zero-order valence-electron chi connectivity index (χ0n) is 14.8. The van der Waals surface area contributed by atoms with Crippen LogP contribution in [0.5, 0.6) is 5.75 Å². The van der Waals surface area contributed by atoms with Gasteiger partial charge in [-0.25, -0.2) is 0 Å². The number of carbonyl (C=O) groups is 1. The van der Waals surface area contributed by atoms with E-state index in [-0.39, 0.29) is 22.4 Å². The van der Waals surface area contributed by atoms with Gasteiger partial charge in [0.15, 0.2) is 0 Å². The molecule has 10 heteroatoms. The number of halogens is 4. The monoisotopic (exact) mass is 449 g/mol. The first kappa shape index (κ1) is 20.9. The molecule has 4 nitrogen and oxygen atoms in total. The van der Waals surface area contributed by atoms with Gasteiger partial charge in [0.2, 0.25) is 0 Å². The number of benzene rings is 1. The summed E-state index contributed by atoms with van der Waals surface area (Å²) in [6, 6.07) is 4.87. The molecule has 0 aliphatic heterocycles. The number of aliphatic carboxylic acids is 1. The smallest absolute Gasteiger partial charge is 0.447 e. The van der Waals surface area contributed by atoms with Crippen molar-refractivity contribution >= 4 is 51.6 Å². The maximum absolute atomic E-state index is 12.6. The molecule has 0 bridgehead atoms. The number of alkyl halides is 3. The largest absolute Gasteiger partial charge is 0.495 e. The quantitative estimate of drug-likeness (QED) is 0.472. The minimum absolute atomic E-state index is 0.145. The van der Waals surface area contributed by atoms with Crippen molar-refractivity contribution in [3.63, 3.8) is 0 Å². The van der Waals surface area contributed by atoms with Crippen LogP contribution in [0.2, 0.25) is 5.02 Å². The molecule has 0 saturated carbocycles. The van der Waals surface area contributed by atoms with Crippen LogP contribution in [-0.2, 0) is 17.8 Å². The van der Waals surface area contributed by atoms with Crippen LogP contribution in [0.4, 0.5) is 13.2 Å².